The van der Waals surface area contributed by atoms with E-state index in [1.807, 2.05) is 54.6 Å². The highest BCUT2D eigenvalue weighted by molar-refractivity contribution is 5.90. The Hall–Kier alpha value is -5.52. The van der Waals surface area contributed by atoms with Gasteiger partial charge in [0.1, 0.15) is 0 Å². The summed E-state index contributed by atoms with van der Waals surface area (Å²) in [6.45, 7) is 13.6. The molecule has 60 heavy (non-hydrogen) atoms. The lowest BCUT2D eigenvalue weighted by molar-refractivity contribution is 0.0417. The van der Waals surface area contributed by atoms with Crippen molar-refractivity contribution in [2.45, 2.75) is 117 Å². The van der Waals surface area contributed by atoms with Crippen molar-refractivity contribution in [2.75, 3.05) is 35.8 Å². The van der Waals surface area contributed by atoms with Crippen LogP contribution in [-0.2, 0) is 14.2 Å². The van der Waals surface area contributed by atoms with Crippen molar-refractivity contribution in [3.8, 4) is 0 Å². The van der Waals surface area contributed by atoms with Gasteiger partial charge in [0.05, 0.1) is 36.5 Å². The molecule has 6 atom stereocenters. The van der Waals surface area contributed by atoms with E-state index in [1.165, 1.54) is 0 Å². The van der Waals surface area contributed by atoms with Gasteiger partial charge in [0.25, 0.3) is 0 Å². The van der Waals surface area contributed by atoms with Gasteiger partial charge in [-0.2, -0.15) is 15.0 Å². The molecule has 4 rings (SSSR count). The summed E-state index contributed by atoms with van der Waals surface area (Å²) in [5.41, 5.74) is 1.61. The molecular formula is C48H66N6O6. The largest absolute Gasteiger partial charge is 0.462 e. The number of rotatable bonds is 27. The Morgan fingerprint density at radius 2 is 0.667 bits per heavy atom. The molecule has 0 fully saturated rings. The lowest BCUT2D eigenvalue weighted by Crippen LogP contribution is -2.29. The lowest BCUT2D eigenvalue weighted by atomic mass is 9.96. The Bertz CT molecular complexity index is 1630. The van der Waals surface area contributed by atoms with Crippen LogP contribution >= 0.6 is 0 Å². The maximum absolute atomic E-state index is 12.7. The number of anilines is 3. The van der Waals surface area contributed by atoms with Crippen LogP contribution in [0.4, 0.5) is 17.8 Å². The zero-order valence-electron chi connectivity index (χ0n) is 36.4. The Balaban J connectivity index is 1.49. The fourth-order valence-electron chi connectivity index (χ4n) is 6.92. The predicted molar refractivity (Wildman–Crippen MR) is 238 cm³/mol. The maximum Gasteiger partial charge on any atom is 0.338 e. The van der Waals surface area contributed by atoms with Gasteiger partial charge in [-0.15, -0.1) is 0 Å². The van der Waals surface area contributed by atoms with Crippen molar-refractivity contribution in [2.24, 2.45) is 17.8 Å². The van der Waals surface area contributed by atoms with Gasteiger partial charge in [-0.05, 0) is 112 Å². The highest BCUT2D eigenvalue weighted by Crippen LogP contribution is 2.23. The molecule has 0 saturated heterocycles. The van der Waals surface area contributed by atoms with Crippen LogP contribution in [-0.4, -0.2) is 70.8 Å². The van der Waals surface area contributed by atoms with Crippen molar-refractivity contribution in [1.29, 1.82) is 0 Å². The standard InChI is InChI=1S/C48H66N6O6/c1-7-34(31-58-43(55)37-22-16-13-17-23-37)28-40(10-4)49-46-52-47(50-41(11-5)29-35(8-2)32-59-44(56)38-24-18-14-19-25-38)54-48(53-46)51-42(12-6)30-36(9-3)33-60-45(57)39-26-20-15-21-27-39/h13-27,34-36,40-42H,7-12,28-33H2,1-6H3,(H3,49,50,51,52,53,54). The molecule has 0 aliphatic rings. The molecule has 0 aliphatic heterocycles. The minimum Gasteiger partial charge on any atom is -0.462 e. The SMILES string of the molecule is CCC(COC(=O)c1ccccc1)CC(CC)Nc1nc(NC(CC)CC(CC)COC(=O)c2ccccc2)nc(NC(CC)CC(CC)COC(=O)c2ccccc2)n1. The van der Waals surface area contributed by atoms with Gasteiger partial charge in [-0.3, -0.25) is 0 Å². The molecule has 3 N–H and O–H groups in total. The lowest BCUT2D eigenvalue weighted by Gasteiger charge is -2.26. The molecule has 324 valence electrons. The number of carbonyl (C=O) groups is 3. The third kappa shape index (κ3) is 15.9. The molecule has 0 aliphatic carbocycles. The summed E-state index contributed by atoms with van der Waals surface area (Å²) in [5, 5.41) is 10.7. The molecule has 1 aromatic heterocycles. The first kappa shape index (κ1) is 47.2. The second kappa shape index (κ2) is 25.9. The van der Waals surface area contributed by atoms with Gasteiger partial charge < -0.3 is 30.2 Å². The number of aromatic nitrogens is 3. The van der Waals surface area contributed by atoms with Gasteiger partial charge in [0, 0.05) is 18.1 Å². The molecule has 1 heterocycles. The Morgan fingerprint density at radius 3 is 0.883 bits per heavy atom. The van der Waals surface area contributed by atoms with Crippen LogP contribution in [0.2, 0.25) is 0 Å². The zero-order chi connectivity index (χ0) is 43.1. The Morgan fingerprint density at radius 1 is 0.417 bits per heavy atom. The molecule has 0 amide bonds. The van der Waals surface area contributed by atoms with Crippen molar-refractivity contribution in [3.63, 3.8) is 0 Å². The summed E-state index contributed by atoms with van der Waals surface area (Å²) in [6, 6.07) is 27.2. The van der Waals surface area contributed by atoms with E-state index in [1.54, 1.807) is 36.4 Å². The first-order chi connectivity index (χ1) is 29.2. The van der Waals surface area contributed by atoms with E-state index in [0.717, 1.165) is 57.8 Å². The van der Waals surface area contributed by atoms with E-state index >= 15 is 0 Å². The third-order valence-electron chi connectivity index (χ3n) is 11.1. The van der Waals surface area contributed by atoms with Crippen LogP contribution in [0.3, 0.4) is 0 Å². The maximum atomic E-state index is 12.7. The molecule has 0 bridgehead atoms. The average Bonchev–Trinajstić information content (AvgIpc) is 3.29. The van der Waals surface area contributed by atoms with Gasteiger partial charge in [0.15, 0.2) is 0 Å². The van der Waals surface area contributed by atoms with Crippen molar-refractivity contribution >= 4 is 35.8 Å². The van der Waals surface area contributed by atoms with Crippen LogP contribution in [0, 0.1) is 17.8 Å². The summed E-state index contributed by atoms with van der Waals surface area (Å²) in [7, 11) is 0. The number of carbonyl (C=O) groups excluding carboxylic acids is 3. The Kier molecular flexibility index (Phi) is 20.3. The Labute approximate surface area is 357 Å². The quantitative estimate of drug-likeness (QED) is 0.0387. The van der Waals surface area contributed by atoms with E-state index in [4.69, 9.17) is 29.2 Å². The average molecular weight is 823 g/mol. The molecular weight excluding hydrogens is 757 g/mol. The highest BCUT2D eigenvalue weighted by Gasteiger charge is 2.23. The van der Waals surface area contributed by atoms with Crippen LogP contribution in [0.25, 0.3) is 0 Å². The van der Waals surface area contributed by atoms with Crippen LogP contribution in [0.15, 0.2) is 91.0 Å². The first-order valence-electron chi connectivity index (χ1n) is 21.9. The highest BCUT2D eigenvalue weighted by atomic mass is 16.5. The molecule has 0 spiro atoms. The third-order valence-corrected chi connectivity index (χ3v) is 11.1. The molecule has 3 aromatic carbocycles. The molecule has 0 saturated carbocycles. The van der Waals surface area contributed by atoms with E-state index < -0.39 is 0 Å². The van der Waals surface area contributed by atoms with Crippen molar-refractivity contribution in [1.82, 2.24) is 15.0 Å². The fourth-order valence-corrected chi connectivity index (χ4v) is 6.92. The molecule has 0 radical (unpaired) electrons. The second-order valence-corrected chi connectivity index (χ2v) is 15.5. The van der Waals surface area contributed by atoms with Crippen LogP contribution in [0.1, 0.15) is 130 Å². The van der Waals surface area contributed by atoms with Gasteiger partial charge >= 0.3 is 17.9 Å². The number of nitrogens with zero attached hydrogens (tertiary/aromatic N) is 3. The molecule has 12 heteroatoms. The molecule has 12 nitrogen and oxygen atoms in total. The second-order valence-electron chi connectivity index (χ2n) is 15.5. The zero-order valence-corrected chi connectivity index (χ0v) is 36.4. The summed E-state index contributed by atoms with van der Waals surface area (Å²) in [4.78, 5) is 52.8. The van der Waals surface area contributed by atoms with Gasteiger partial charge in [-0.25, -0.2) is 14.4 Å². The number of hydrogen-bond donors (Lipinski definition) is 3. The monoisotopic (exact) mass is 823 g/mol. The van der Waals surface area contributed by atoms with Crippen LogP contribution < -0.4 is 16.0 Å². The number of esters is 3. The van der Waals surface area contributed by atoms with E-state index in [-0.39, 0.29) is 53.8 Å². The van der Waals surface area contributed by atoms with Crippen molar-refractivity contribution in [3.05, 3.63) is 108 Å². The summed E-state index contributed by atoms with van der Waals surface area (Å²) in [5.74, 6) is 0.735. The fraction of sp³-hybridized carbons (Fsp3) is 0.500. The summed E-state index contributed by atoms with van der Waals surface area (Å²) in [6.07, 6.45) is 7.17. The normalized spacial score (nSPS) is 14.1. The predicted octanol–water partition coefficient (Wildman–Crippen LogP) is 10.3. The van der Waals surface area contributed by atoms with E-state index in [2.05, 4.69) is 57.5 Å². The van der Waals surface area contributed by atoms with Crippen LogP contribution in [0.5, 0.6) is 0 Å². The van der Waals surface area contributed by atoms with E-state index in [0.29, 0.717) is 54.4 Å². The van der Waals surface area contributed by atoms with Gasteiger partial charge in [-0.1, -0.05) is 96.1 Å². The number of ether oxygens (including phenoxy) is 3. The van der Waals surface area contributed by atoms with Gasteiger partial charge in [0.2, 0.25) is 17.8 Å². The van der Waals surface area contributed by atoms with E-state index in [9.17, 15) is 14.4 Å². The summed E-state index contributed by atoms with van der Waals surface area (Å²) < 4.78 is 17.2. The smallest absolute Gasteiger partial charge is 0.338 e. The number of nitrogens with one attached hydrogen (secondary N) is 3. The first-order valence-corrected chi connectivity index (χ1v) is 21.9. The summed E-state index contributed by atoms with van der Waals surface area (Å²) >= 11 is 0. The molecule has 4 aromatic rings. The number of hydrogen-bond acceptors (Lipinski definition) is 12. The minimum atomic E-state index is -0.325. The number of benzene rings is 3. The van der Waals surface area contributed by atoms with Crippen molar-refractivity contribution < 1.29 is 28.6 Å². The topological polar surface area (TPSA) is 154 Å². The minimum absolute atomic E-state index is 0.00460. The molecule has 6 unspecified atom stereocenters.